The second kappa shape index (κ2) is 6.55. The molecule has 0 unspecified atom stereocenters. The maximum absolute atomic E-state index is 12.1. The SMILES string of the molecule is CO[C@H]1O[C@H]([C@H]2COC(C)(C)O2)[C@@H](C)[C@@H]1NC(=O)OC(C)(C)C. The molecule has 7 heteroatoms. The van der Waals surface area contributed by atoms with Crippen molar-refractivity contribution in [2.75, 3.05) is 13.7 Å². The van der Waals surface area contributed by atoms with Crippen LogP contribution in [0.4, 0.5) is 4.79 Å². The van der Waals surface area contributed by atoms with Crippen molar-refractivity contribution in [3.05, 3.63) is 0 Å². The summed E-state index contributed by atoms with van der Waals surface area (Å²) in [4.78, 5) is 12.1. The average Bonchev–Trinajstić information content (AvgIpc) is 2.89. The second-order valence-corrected chi connectivity index (χ2v) is 7.60. The molecule has 1 N–H and O–H groups in total. The molecule has 2 fully saturated rings. The van der Waals surface area contributed by atoms with E-state index < -0.39 is 23.8 Å². The van der Waals surface area contributed by atoms with Crippen LogP contribution < -0.4 is 5.32 Å². The molecule has 2 heterocycles. The van der Waals surface area contributed by atoms with Crippen LogP contribution in [0.2, 0.25) is 0 Å². The zero-order valence-electron chi connectivity index (χ0n) is 15.0. The number of alkyl carbamates (subject to hydrolysis) is 1. The number of methoxy groups -OCH3 is 1. The van der Waals surface area contributed by atoms with E-state index >= 15 is 0 Å². The molecule has 0 aromatic carbocycles. The van der Waals surface area contributed by atoms with Crippen molar-refractivity contribution in [1.29, 1.82) is 0 Å². The van der Waals surface area contributed by atoms with Crippen LogP contribution in [0.15, 0.2) is 0 Å². The van der Waals surface area contributed by atoms with E-state index in [-0.39, 0.29) is 24.2 Å². The minimum absolute atomic E-state index is 0.00466. The Morgan fingerprint density at radius 2 is 1.96 bits per heavy atom. The smallest absolute Gasteiger partial charge is 0.408 e. The van der Waals surface area contributed by atoms with Gasteiger partial charge in [0.05, 0.1) is 18.8 Å². The lowest BCUT2D eigenvalue weighted by Gasteiger charge is -2.26. The van der Waals surface area contributed by atoms with Crippen LogP contribution >= 0.6 is 0 Å². The molecule has 0 bridgehead atoms. The van der Waals surface area contributed by atoms with Crippen LogP contribution in [0.5, 0.6) is 0 Å². The summed E-state index contributed by atoms with van der Waals surface area (Å²) in [5.41, 5.74) is -0.554. The summed E-state index contributed by atoms with van der Waals surface area (Å²) in [6, 6.07) is -0.313. The lowest BCUT2D eigenvalue weighted by atomic mass is 9.95. The fourth-order valence-electron chi connectivity index (χ4n) is 2.96. The van der Waals surface area contributed by atoms with Gasteiger partial charge in [0.15, 0.2) is 12.1 Å². The topological polar surface area (TPSA) is 75.3 Å². The monoisotopic (exact) mass is 331 g/mol. The second-order valence-electron chi connectivity index (χ2n) is 7.60. The van der Waals surface area contributed by atoms with Crippen LogP contribution in [-0.4, -0.2) is 55.7 Å². The Hall–Kier alpha value is -0.890. The van der Waals surface area contributed by atoms with Crippen LogP contribution in [0.25, 0.3) is 0 Å². The predicted octanol–water partition coefficient (Wildman–Crippen LogP) is 2.04. The molecule has 134 valence electrons. The van der Waals surface area contributed by atoms with Crippen molar-refractivity contribution in [1.82, 2.24) is 5.32 Å². The highest BCUT2D eigenvalue weighted by Crippen LogP contribution is 2.35. The van der Waals surface area contributed by atoms with E-state index in [1.807, 2.05) is 41.5 Å². The molecule has 0 spiro atoms. The standard InChI is InChI=1S/C16H29NO6/c1-9-11(17-14(18)23-15(2,3)4)13(19-7)21-12(9)10-8-20-16(5,6)22-10/h9-13H,8H2,1-7H3,(H,17,18)/t9-,10+,11-,12-,13-/m0/s1. The van der Waals surface area contributed by atoms with Crippen LogP contribution in [0, 0.1) is 5.92 Å². The van der Waals surface area contributed by atoms with Gasteiger partial charge in [-0.2, -0.15) is 0 Å². The van der Waals surface area contributed by atoms with Gasteiger partial charge in [-0.25, -0.2) is 4.79 Å². The first-order valence-electron chi connectivity index (χ1n) is 8.02. The largest absolute Gasteiger partial charge is 0.444 e. The maximum Gasteiger partial charge on any atom is 0.408 e. The third-order valence-electron chi connectivity index (χ3n) is 3.98. The minimum Gasteiger partial charge on any atom is -0.444 e. The minimum atomic E-state index is -0.618. The molecule has 2 saturated heterocycles. The van der Waals surface area contributed by atoms with Crippen molar-refractivity contribution < 1.29 is 28.5 Å². The summed E-state index contributed by atoms with van der Waals surface area (Å²) in [5, 5.41) is 2.85. The molecule has 2 rings (SSSR count). The van der Waals surface area contributed by atoms with Crippen molar-refractivity contribution >= 4 is 6.09 Å². The third-order valence-corrected chi connectivity index (χ3v) is 3.98. The number of amides is 1. The molecule has 0 aromatic heterocycles. The zero-order chi connectivity index (χ0) is 17.4. The number of hydrogen-bond acceptors (Lipinski definition) is 6. The van der Waals surface area contributed by atoms with E-state index in [2.05, 4.69) is 5.32 Å². The summed E-state index contributed by atoms with van der Waals surface area (Å²) in [7, 11) is 1.56. The average molecular weight is 331 g/mol. The van der Waals surface area contributed by atoms with E-state index in [9.17, 15) is 4.79 Å². The van der Waals surface area contributed by atoms with Crippen LogP contribution in [0.3, 0.4) is 0 Å². The highest BCUT2D eigenvalue weighted by atomic mass is 16.8. The van der Waals surface area contributed by atoms with Gasteiger partial charge in [-0.05, 0) is 34.6 Å². The highest BCUT2D eigenvalue weighted by Gasteiger charge is 2.50. The van der Waals surface area contributed by atoms with Gasteiger partial charge in [-0.1, -0.05) is 6.92 Å². The van der Waals surface area contributed by atoms with Crippen molar-refractivity contribution in [2.45, 2.75) is 77.5 Å². The quantitative estimate of drug-likeness (QED) is 0.853. The molecule has 1 amide bonds. The van der Waals surface area contributed by atoms with Gasteiger partial charge < -0.3 is 29.0 Å². The van der Waals surface area contributed by atoms with Gasteiger partial charge in [0.1, 0.15) is 11.7 Å². The van der Waals surface area contributed by atoms with Gasteiger partial charge in [-0.15, -0.1) is 0 Å². The number of rotatable bonds is 3. The molecule has 5 atom stereocenters. The maximum atomic E-state index is 12.1. The van der Waals surface area contributed by atoms with Gasteiger partial charge in [0, 0.05) is 13.0 Å². The molecular formula is C16H29NO6. The zero-order valence-corrected chi connectivity index (χ0v) is 15.0. The molecule has 0 aromatic rings. The van der Waals surface area contributed by atoms with Gasteiger partial charge in [-0.3, -0.25) is 0 Å². The molecule has 7 nitrogen and oxygen atoms in total. The predicted molar refractivity (Wildman–Crippen MR) is 82.9 cm³/mol. The number of hydrogen-bond donors (Lipinski definition) is 1. The van der Waals surface area contributed by atoms with E-state index in [0.717, 1.165) is 0 Å². The normalized spacial score (nSPS) is 36.9. The first-order chi connectivity index (χ1) is 10.5. The Morgan fingerprint density at radius 1 is 1.30 bits per heavy atom. The van der Waals surface area contributed by atoms with Crippen LogP contribution in [0.1, 0.15) is 41.5 Å². The Bertz CT molecular complexity index is 433. The number of carbonyl (C=O) groups is 1. The number of nitrogens with one attached hydrogen (secondary N) is 1. The number of ether oxygens (including phenoxy) is 5. The molecule has 2 aliphatic rings. The summed E-state index contributed by atoms with van der Waals surface area (Å²) in [6.07, 6.45) is -1.44. The molecular weight excluding hydrogens is 302 g/mol. The lowest BCUT2D eigenvalue weighted by molar-refractivity contribution is -0.178. The summed E-state index contributed by atoms with van der Waals surface area (Å²) in [6.45, 7) is 11.7. The molecule has 0 saturated carbocycles. The van der Waals surface area contributed by atoms with Gasteiger partial charge in [0.25, 0.3) is 0 Å². The first kappa shape index (κ1) is 18.4. The summed E-state index contributed by atoms with van der Waals surface area (Å²) in [5.74, 6) is -0.623. The fourth-order valence-corrected chi connectivity index (χ4v) is 2.96. The van der Waals surface area contributed by atoms with E-state index in [1.165, 1.54) is 0 Å². The van der Waals surface area contributed by atoms with E-state index in [4.69, 9.17) is 23.7 Å². The summed E-state index contributed by atoms with van der Waals surface area (Å²) < 4.78 is 28.1. The van der Waals surface area contributed by atoms with Gasteiger partial charge in [0.2, 0.25) is 0 Å². The van der Waals surface area contributed by atoms with E-state index in [0.29, 0.717) is 6.61 Å². The van der Waals surface area contributed by atoms with Gasteiger partial charge >= 0.3 is 6.09 Å². The highest BCUT2D eigenvalue weighted by molar-refractivity contribution is 5.68. The molecule has 0 aliphatic carbocycles. The molecule has 23 heavy (non-hydrogen) atoms. The number of carbonyl (C=O) groups excluding carboxylic acids is 1. The van der Waals surface area contributed by atoms with Crippen molar-refractivity contribution in [2.24, 2.45) is 5.92 Å². The Labute approximate surface area is 137 Å². The fraction of sp³-hybridized carbons (Fsp3) is 0.938. The van der Waals surface area contributed by atoms with Crippen molar-refractivity contribution in [3.63, 3.8) is 0 Å². The summed E-state index contributed by atoms with van der Waals surface area (Å²) >= 11 is 0. The molecule has 2 aliphatic heterocycles. The Balaban J connectivity index is 2.01. The Kier molecular flexibility index (Phi) is 5.25. The first-order valence-corrected chi connectivity index (χ1v) is 8.02. The molecule has 0 radical (unpaired) electrons. The lowest BCUT2D eigenvalue weighted by Crippen LogP contribution is -2.47. The van der Waals surface area contributed by atoms with Crippen LogP contribution in [-0.2, 0) is 23.7 Å². The van der Waals surface area contributed by atoms with Crippen molar-refractivity contribution in [3.8, 4) is 0 Å². The third kappa shape index (κ3) is 4.56. The van der Waals surface area contributed by atoms with E-state index in [1.54, 1.807) is 7.11 Å². The Morgan fingerprint density at radius 3 is 2.43 bits per heavy atom.